The van der Waals surface area contributed by atoms with E-state index in [1.165, 1.54) is 12.1 Å². The Bertz CT molecular complexity index is 741. The lowest BCUT2D eigenvalue weighted by Gasteiger charge is -2.34. The van der Waals surface area contributed by atoms with Crippen molar-refractivity contribution in [3.05, 3.63) is 65.7 Å². The molecule has 1 heterocycles. The summed E-state index contributed by atoms with van der Waals surface area (Å²) in [6.45, 7) is 2.43. The highest BCUT2D eigenvalue weighted by Gasteiger charge is 2.24. The standard InChI is InChI=1S/C19H21N3O3/c23-17-8-4-7-16(13-17)18(24)21-9-11-22(12-10-21)19(25)20-14-15-5-2-1-3-6-15/h1-8,13,23H,9-12,14H2,(H,20,25). The highest BCUT2D eigenvalue weighted by atomic mass is 16.3. The van der Waals surface area contributed by atoms with Gasteiger partial charge in [-0.1, -0.05) is 36.4 Å². The van der Waals surface area contributed by atoms with Crippen LogP contribution in [-0.4, -0.2) is 53.0 Å². The van der Waals surface area contributed by atoms with Crippen LogP contribution in [0, 0.1) is 0 Å². The van der Waals surface area contributed by atoms with E-state index in [4.69, 9.17) is 0 Å². The Morgan fingerprint density at radius 2 is 1.60 bits per heavy atom. The van der Waals surface area contributed by atoms with E-state index in [-0.39, 0.29) is 17.7 Å². The Kier molecular flexibility index (Phi) is 5.18. The molecular weight excluding hydrogens is 318 g/mol. The molecule has 0 bridgehead atoms. The molecule has 0 unspecified atom stereocenters. The molecule has 0 spiro atoms. The van der Waals surface area contributed by atoms with Gasteiger partial charge in [-0.15, -0.1) is 0 Å². The van der Waals surface area contributed by atoms with Crippen LogP contribution in [0.15, 0.2) is 54.6 Å². The second kappa shape index (κ2) is 7.70. The Hall–Kier alpha value is -3.02. The van der Waals surface area contributed by atoms with Gasteiger partial charge in [-0.25, -0.2) is 4.79 Å². The minimum Gasteiger partial charge on any atom is -0.508 e. The van der Waals surface area contributed by atoms with Crippen LogP contribution >= 0.6 is 0 Å². The van der Waals surface area contributed by atoms with Crippen LogP contribution < -0.4 is 5.32 Å². The van der Waals surface area contributed by atoms with Crippen molar-refractivity contribution in [2.24, 2.45) is 0 Å². The second-order valence-corrected chi connectivity index (χ2v) is 5.97. The van der Waals surface area contributed by atoms with Crippen LogP contribution in [0.25, 0.3) is 0 Å². The summed E-state index contributed by atoms with van der Waals surface area (Å²) in [6, 6.07) is 15.9. The summed E-state index contributed by atoms with van der Waals surface area (Å²) < 4.78 is 0. The Morgan fingerprint density at radius 3 is 2.28 bits per heavy atom. The predicted molar refractivity (Wildman–Crippen MR) is 94.3 cm³/mol. The van der Waals surface area contributed by atoms with E-state index in [0.717, 1.165) is 5.56 Å². The average molecular weight is 339 g/mol. The van der Waals surface area contributed by atoms with Crippen molar-refractivity contribution < 1.29 is 14.7 Å². The molecular formula is C19H21N3O3. The number of phenolic OH excluding ortho intramolecular Hbond substituents is 1. The van der Waals surface area contributed by atoms with Crippen LogP contribution in [0.1, 0.15) is 15.9 Å². The molecule has 2 N–H and O–H groups in total. The van der Waals surface area contributed by atoms with Gasteiger partial charge in [0.25, 0.3) is 5.91 Å². The molecule has 2 aromatic rings. The first kappa shape index (κ1) is 16.8. The van der Waals surface area contributed by atoms with Crippen molar-refractivity contribution >= 4 is 11.9 Å². The summed E-state index contributed by atoms with van der Waals surface area (Å²) >= 11 is 0. The summed E-state index contributed by atoms with van der Waals surface area (Å²) in [5.74, 6) is -0.0509. The van der Waals surface area contributed by atoms with E-state index in [1.54, 1.807) is 21.9 Å². The lowest BCUT2D eigenvalue weighted by molar-refractivity contribution is 0.0664. The number of hydrogen-bond acceptors (Lipinski definition) is 3. The van der Waals surface area contributed by atoms with Gasteiger partial charge in [-0.2, -0.15) is 0 Å². The third kappa shape index (κ3) is 4.29. The first-order valence-electron chi connectivity index (χ1n) is 8.28. The van der Waals surface area contributed by atoms with E-state index in [2.05, 4.69) is 5.32 Å². The van der Waals surface area contributed by atoms with E-state index < -0.39 is 0 Å². The molecule has 25 heavy (non-hydrogen) atoms. The normalized spacial score (nSPS) is 14.2. The fourth-order valence-corrected chi connectivity index (χ4v) is 2.82. The number of benzene rings is 2. The maximum absolute atomic E-state index is 12.4. The fourth-order valence-electron chi connectivity index (χ4n) is 2.82. The molecule has 0 atom stereocenters. The number of nitrogens with zero attached hydrogens (tertiary/aromatic N) is 2. The van der Waals surface area contributed by atoms with Crippen LogP contribution in [0.2, 0.25) is 0 Å². The molecule has 1 aliphatic rings. The SMILES string of the molecule is O=C(NCc1ccccc1)N1CCN(C(=O)c2cccc(O)c2)CC1. The summed E-state index contributed by atoms with van der Waals surface area (Å²) in [5.41, 5.74) is 1.51. The molecule has 1 fully saturated rings. The molecule has 2 aromatic carbocycles. The molecule has 6 nitrogen and oxygen atoms in total. The summed E-state index contributed by atoms with van der Waals surface area (Å²) in [4.78, 5) is 28.1. The molecule has 1 saturated heterocycles. The smallest absolute Gasteiger partial charge is 0.317 e. The topological polar surface area (TPSA) is 72.9 Å². The molecule has 0 aliphatic carbocycles. The summed E-state index contributed by atoms with van der Waals surface area (Å²) in [7, 11) is 0. The van der Waals surface area contributed by atoms with Gasteiger partial charge in [-0.3, -0.25) is 4.79 Å². The number of phenols is 1. The number of carbonyl (C=O) groups excluding carboxylic acids is 2. The Balaban J connectivity index is 1.49. The number of urea groups is 1. The molecule has 6 heteroatoms. The molecule has 3 amide bonds. The maximum atomic E-state index is 12.4. The Morgan fingerprint density at radius 1 is 0.920 bits per heavy atom. The Labute approximate surface area is 146 Å². The maximum Gasteiger partial charge on any atom is 0.317 e. The molecule has 0 saturated carbocycles. The number of amides is 3. The molecule has 130 valence electrons. The number of carbonyl (C=O) groups is 2. The van der Waals surface area contributed by atoms with E-state index >= 15 is 0 Å². The van der Waals surface area contributed by atoms with Crippen LogP contribution in [0.5, 0.6) is 5.75 Å². The number of hydrogen-bond donors (Lipinski definition) is 2. The highest BCUT2D eigenvalue weighted by molar-refractivity contribution is 5.94. The zero-order valence-electron chi connectivity index (χ0n) is 13.9. The lowest BCUT2D eigenvalue weighted by Crippen LogP contribution is -2.53. The monoisotopic (exact) mass is 339 g/mol. The minimum atomic E-state index is -0.125. The number of rotatable bonds is 3. The first-order valence-corrected chi connectivity index (χ1v) is 8.28. The fraction of sp³-hybridized carbons (Fsp3) is 0.263. The van der Waals surface area contributed by atoms with Crippen LogP contribution in [-0.2, 0) is 6.54 Å². The van der Waals surface area contributed by atoms with Gasteiger partial charge in [-0.05, 0) is 23.8 Å². The zero-order chi connectivity index (χ0) is 17.6. The molecule has 0 radical (unpaired) electrons. The van der Waals surface area contributed by atoms with Crippen molar-refractivity contribution in [2.75, 3.05) is 26.2 Å². The minimum absolute atomic E-state index is 0.0739. The van der Waals surface area contributed by atoms with E-state index in [0.29, 0.717) is 38.3 Å². The van der Waals surface area contributed by atoms with Gasteiger partial charge in [0.2, 0.25) is 0 Å². The van der Waals surface area contributed by atoms with Gasteiger partial charge in [0.05, 0.1) is 0 Å². The van der Waals surface area contributed by atoms with Gasteiger partial charge in [0.1, 0.15) is 5.75 Å². The average Bonchev–Trinajstić information content (AvgIpc) is 2.66. The summed E-state index contributed by atoms with van der Waals surface area (Å²) in [6.07, 6.45) is 0. The van der Waals surface area contributed by atoms with Crippen molar-refractivity contribution in [3.8, 4) is 5.75 Å². The third-order valence-corrected chi connectivity index (χ3v) is 4.23. The van der Waals surface area contributed by atoms with E-state index in [1.807, 2.05) is 30.3 Å². The van der Waals surface area contributed by atoms with Gasteiger partial charge in [0, 0.05) is 38.3 Å². The molecule has 3 rings (SSSR count). The van der Waals surface area contributed by atoms with Crippen molar-refractivity contribution in [2.45, 2.75) is 6.54 Å². The first-order chi connectivity index (χ1) is 12.1. The highest BCUT2D eigenvalue weighted by Crippen LogP contribution is 2.14. The van der Waals surface area contributed by atoms with Crippen LogP contribution in [0.4, 0.5) is 4.79 Å². The molecule has 0 aromatic heterocycles. The number of nitrogens with one attached hydrogen (secondary N) is 1. The number of aromatic hydroxyl groups is 1. The van der Waals surface area contributed by atoms with Gasteiger partial charge in [0.15, 0.2) is 0 Å². The van der Waals surface area contributed by atoms with Gasteiger partial charge >= 0.3 is 6.03 Å². The third-order valence-electron chi connectivity index (χ3n) is 4.23. The lowest BCUT2D eigenvalue weighted by atomic mass is 10.1. The quantitative estimate of drug-likeness (QED) is 0.899. The largest absolute Gasteiger partial charge is 0.508 e. The molecule has 1 aliphatic heterocycles. The van der Waals surface area contributed by atoms with E-state index in [9.17, 15) is 14.7 Å². The second-order valence-electron chi connectivity index (χ2n) is 5.97. The van der Waals surface area contributed by atoms with Crippen molar-refractivity contribution in [1.82, 2.24) is 15.1 Å². The number of piperazine rings is 1. The van der Waals surface area contributed by atoms with Crippen molar-refractivity contribution in [3.63, 3.8) is 0 Å². The summed E-state index contributed by atoms with van der Waals surface area (Å²) in [5, 5.41) is 12.4. The predicted octanol–water partition coefficient (Wildman–Crippen LogP) is 2.06. The van der Waals surface area contributed by atoms with Crippen molar-refractivity contribution in [1.29, 1.82) is 0 Å². The van der Waals surface area contributed by atoms with Crippen LogP contribution in [0.3, 0.4) is 0 Å². The zero-order valence-corrected chi connectivity index (χ0v) is 13.9. The van der Waals surface area contributed by atoms with Gasteiger partial charge < -0.3 is 20.2 Å².